The Labute approximate surface area is 144 Å². The number of fused-ring (bicyclic) bond motifs is 2. The fourth-order valence-electron chi connectivity index (χ4n) is 3.67. The molecule has 23 heavy (non-hydrogen) atoms. The van der Waals surface area contributed by atoms with E-state index in [9.17, 15) is 0 Å². The van der Waals surface area contributed by atoms with Gasteiger partial charge in [0.1, 0.15) is 0 Å². The van der Waals surface area contributed by atoms with E-state index in [0.29, 0.717) is 0 Å². The first-order valence-electron chi connectivity index (χ1n) is 8.17. The van der Waals surface area contributed by atoms with Gasteiger partial charge in [0, 0.05) is 51.1 Å². The molecule has 2 heterocycles. The van der Waals surface area contributed by atoms with Crippen molar-refractivity contribution in [1.82, 2.24) is 4.90 Å². The van der Waals surface area contributed by atoms with Gasteiger partial charge in [-0.3, -0.25) is 4.90 Å². The lowest BCUT2D eigenvalue weighted by molar-refractivity contribution is 0.270. The zero-order chi connectivity index (χ0) is 14.9. The Morgan fingerprint density at radius 1 is 1.00 bits per heavy atom. The van der Waals surface area contributed by atoms with Crippen molar-refractivity contribution in [3.8, 4) is 0 Å². The van der Waals surface area contributed by atoms with Crippen molar-refractivity contribution < 1.29 is 0 Å². The summed E-state index contributed by atoms with van der Waals surface area (Å²) in [7, 11) is 2.20. The van der Waals surface area contributed by atoms with Crippen LogP contribution < -0.4 is 10.2 Å². The first-order valence-corrected chi connectivity index (χ1v) is 8.17. The lowest BCUT2D eigenvalue weighted by atomic mass is 10.1. The molecule has 2 aromatic rings. The summed E-state index contributed by atoms with van der Waals surface area (Å²) in [4.78, 5) is 4.95. The highest BCUT2D eigenvalue weighted by Crippen LogP contribution is 2.29. The van der Waals surface area contributed by atoms with Gasteiger partial charge in [-0.25, -0.2) is 0 Å². The molecular formula is C19H24ClN3. The molecule has 2 aliphatic heterocycles. The number of para-hydroxylation sites is 2. The van der Waals surface area contributed by atoms with Gasteiger partial charge in [-0.1, -0.05) is 36.4 Å². The predicted molar refractivity (Wildman–Crippen MR) is 99.7 cm³/mol. The molecule has 122 valence electrons. The predicted octanol–water partition coefficient (Wildman–Crippen LogP) is 3.53. The number of likely N-dealkylation sites (N-methyl/N-ethyl adjacent to an activating group) is 1. The first-order chi connectivity index (χ1) is 10.8. The smallest absolute Gasteiger partial charge is 0.0419 e. The van der Waals surface area contributed by atoms with Crippen LogP contribution in [0.2, 0.25) is 0 Å². The number of nitrogens with one attached hydrogen (secondary N) is 1. The van der Waals surface area contributed by atoms with Crippen LogP contribution in [-0.4, -0.2) is 31.6 Å². The summed E-state index contributed by atoms with van der Waals surface area (Å²) in [5, 5.41) is 3.56. The van der Waals surface area contributed by atoms with Gasteiger partial charge in [-0.2, -0.15) is 0 Å². The minimum absolute atomic E-state index is 0. The molecule has 0 atom stereocenters. The van der Waals surface area contributed by atoms with E-state index in [4.69, 9.17) is 0 Å². The highest BCUT2D eigenvalue weighted by atomic mass is 35.5. The van der Waals surface area contributed by atoms with Gasteiger partial charge in [0.25, 0.3) is 0 Å². The number of hydrogen-bond acceptors (Lipinski definition) is 3. The summed E-state index contributed by atoms with van der Waals surface area (Å²) in [6.45, 7) is 5.33. The number of anilines is 2. The van der Waals surface area contributed by atoms with Crippen LogP contribution in [-0.2, 0) is 19.5 Å². The average molecular weight is 330 g/mol. The van der Waals surface area contributed by atoms with Gasteiger partial charge in [-0.15, -0.1) is 12.4 Å². The maximum absolute atomic E-state index is 3.56. The number of benzene rings is 2. The zero-order valence-corrected chi connectivity index (χ0v) is 14.4. The molecule has 0 saturated carbocycles. The van der Waals surface area contributed by atoms with Crippen LogP contribution in [0, 0.1) is 0 Å². The molecule has 1 N–H and O–H groups in total. The molecule has 0 aromatic heterocycles. The Morgan fingerprint density at radius 2 is 1.83 bits per heavy atom. The molecule has 4 rings (SSSR count). The van der Waals surface area contributed by atoms with Gasteiger partial charge in [0.2, 0.25) is 0 Å². The van der Waals surface area contributed by atoms with Crippen molar-refractivity contribution in [2.24, 2.45) is 0 Å². The third-order valence-corrected chi connectivity index (χ3v) is 4.88. The summed E-state index contributed by atoms with van der Waals surface area (Å²) >= 11 is 0. The van der Waals surface area contributed by atoms with Crippen molar-refractivity contribution in [3.05, 3.63) is 59.2 Å². The molecule has 0 unspecified atom stereocenters. The van der Waals surface area contributed by atoms with Crippen molar-refractivity contribution in [1.29, 1.82) is 0 Å². The molecule has 0 aliphatic carbocycles. The summed E-state index contributed by atoms with van der Waals surface area (Å²) in [5.41, 5.74) is 7.11. The van der Waals surface area contributed by atoms with Crippen LogP contribution in [0.1, 0.15) is 16.7 Å². The standard InChI is InChI=1S/C19H23N3.ClH/c1-21-11-12-22(13-16-5-2-3-8-18(16)21)14-17-7-4-6-15-9-10-20-19(15)17;/h2-8,20H,9-14H2,1H3;1H. The maximum Gasteiger partial charge on any atom is 0.0419 e. The first kappa shape index (κ1) is 16.2. The molecule has 0 radical (unpaired) electrons. The second kappa shape index (κ2) is 6.81. The van der Waals surface area contributed by atoms with Gasteiger partial charge < -0.3 is 10.2 Å². The second-order valence-electron chi connectivity index (χ2n) is 6.39. The van der Waals surface area contributed by atoms with Crippen molar-refractivity contribution in [2.75, 3.05) is 36.9 Å². The third-order valence-electron chi connectivity index (χ3n) is 4.88. The number of rotatable bonds is 2. The lowest BCUT2D eigenvalue weighted by Gasteiger charge is -2.22. The van der Waals surface area contributed by atoms with E-state index in [2.05, 4.69) is 64.6 Å². The van der Waals surface area contributed by atoms with E-state index in [1.54, 1.807) is 0 Å². The molecule has 0 saturated heterocycles. The number of nitrogens with zero attached hydrogens (tertiary/aromatic N) is 2. The third kappa shape index (κ3) is 3.17. The molecule has 3 nitrogen and oxygen atoms in total. The zero-order valence-electron chi connectivity index (χ0n) is 13.6. The van der Waals surface area contributed by atoms with E-state index in [1.807, 2.05) is 0 Å². The van der Waals surface area contributed by atoms with Gasteiger partial charge >= 0.3 is 0 Å². The van der Waals surface area contributed by atoms with E-state index in [-0.39, 0.29) is 12.4 Å². The van der Waals surface area contributed by atoms with E-state index in [0.717, 1.165) is 39.1 Å². The topological polar surface area (TPSA) is 18.5 Å². The van der Waals surface area contributed by atoms with Crippen LogP contribution in [0.5, 0.6) is 0 Å². The largest absolute Gasteiger partial charge is 0.384 e. The quantitative estimate of drug-likeness (QED) is 0.909. The highest BCUT2D eigenvalue weighted by Gasteiger charge is 2.20. The highest BCUT2D eigenvalue weighted by molar-refractivity contribution is 5.85. The second-order valence-corrected chi connectivity index (χ2v) is 6.39. The van der Waals surface area contributed by atoms with Gasteiger partial charge in [0.15, 0.2) is 0 Å². The van der Waals surface area contributed by atoms with E-state index >= 15 is 0 Å². The van der Waals surface area contributed by atoms with Crippen molar-refractivity contribution in [2.45, 2.75) is 19.5 Å². The van der Waals surface area contributed by atoms with Crippen LogP contribution in [0.4, 0.5) is 11.4 Å². The Kier molecular flexibility index (Phi) is 4.79. The summed E-state index contributed by atoms with van der Waals surface area (Å²) < 4.78 is 0. The Balaban J connectivity index is 0.00000156. The molecule has 2 aromatic carbocycles. The van der Waals surface area contributed by atoms with Crippen LogP contribution in [0.25, 0.3) is 0 Å². The minimum atomic E-state index is 0. The summed E-state index contributed by atoms with van der Waals surface area (Å²) in [6.07, 6.45) is 1.16. The fraction of sp³-hybridized carbons (Fsp3) is 0.368. The maximum atomic E-state index is 3.56. The minimum Gasteiger partial charge on any atom is -0.384 e. The van der Waals surface area contributed by atoms with E-state index < -0.39 is 0 Å². The summed E-state index contributed by atoms with van der Waals surface area (Å²) in [6, 6.07) is 15.5. The average Bonchev–Trinajstić information content (AvgIpc) is 2.96. The van der Waals surface area contributed by atoms with Crippen molar-refractivity contribution in [3.63, 3.8) is 0 Å². The SMILES string of the molecule is CN1CCN(Cc2cccc3c2NCC3)Cc2ccccc21.Cl. The molecule has 0 amide bonds. The van der Waals surface area contributed by atoms with Crippen LogP contribution in [0.15, 0.2) is 42.5 Å². The molecule has 0 fully saturated rings. The molecule has 0 spiro atoms. The fourth-order valence-corrected chi connectivity index (χ4v) is 3.67. The normalized spacial score (nSPS) is 16.8. The molecule has 2 aliphatic rings. The number of hydrogen-bond donors (Lipinski definition) is 1. The lowest BCUT2D eigenvalue weighted by Crippen LogP contribution is -2.29. The Hall–Kier alpha value is -1.71. The molecule has 0 bridgehead atoms. The monoisotopic (exact) mass is 329 g/mol. The van der Waals surface area contributed by atoms with Gasteiger partial charge in [0.05, 0.1) is 0 Å². The number of halogens is 1. The Bertz CT molecular complexity index is 686. The van der Waals surface area contributed by atoms with Crippen LogP contribution in [0.3, 0.4) is 0 Å². The Morgan fingerprint density at radius 3 is 2.74 bits per heavy atom. The van der Waals surface area contributed by atoms with Crippen molar-refractivity contribution >= 4 is 23.8 Å². The van der Waals surface area contributed by atoms with Crippen LogP contribution >= 0.6 is 12.4 Å². The van der Waals surface area contributed by atoms with E-state index in [1.165, 1.54) is 28.1 Å². The summed E-state index contributed by atoms with van der Waals surface area (Å²) in [5.74, 6) is 0. The molecule has 4 heteroatoms. The molecular weight excluding hydrogens is 306 g/mol. The van der Waals surface area contributed by atoms with Gasteiger partial charge in [-0.05, 0) is 29.2 Å².